The van der Waals surface area contributed by atoms with Crippen molar-refractivity contribution in [1.29, 1.82) is 0 Å². The fourth-order valence-corrected chi connectivity index (χ4v) is 2.95. The Morgan fingerprint density at radius 1 is 1.42 bits per heavy atom. The van der Waals surface area contributed by atoms with Crippen LogP contribution in [0, 0.1) is 5.92 Å². The second-order valence-corrected chi connectivity index (χ2v) is 5.75. The number of rotatable bonds is 2. The Morgan fingerprint density at radius 2 is 2.16 bits per heavy atom. The highest BCUT2D eigenvalue weighted by molar-refractivity contribution is 9.10. The van der Waals surface area contributed by atoms with E-state index in [0.717, 1.165) is 10.9 Å². The molecule has 0 aromatic heterocycles. The van der Waals surface area contributed by atoms with E-state index in [0.29, 0.717) is 18.5 Å². The van der Waals surface area contributed by atoms with Crippen LogP contribution in [0.3, 0.4) is 0 Å². The van der Waals surface area contributed by atoms with Crippen LogP contribution in [0.4, 0.5) is 0 Å². The van der Waals surface area contributed by atoms with Crippen LogP contribution in [-0.2, 0) is 4.79 Å². The molecule has 1 aliphatic heterocycles. The van der Waals surface area contributed by atoms with Crippen molar-refractivity contribution in [3.05, 3.63) is 34.3 Å². The van der Waals surface area contributed by atoms with Crippen LogP contribution in [0.1, 0.15) is 30.1 Å². The van der Waals surface area contributed by atoms with E-state index in [9.17, 15) is 14.7 Å². The summed E-state index contributed by atoms with van der Waals surface area (Å²) in [5, 5.41) is 9.18. The molecule has 1 N–H and O–H groups in total. The van der Waals surface area contributed by atoms with Gasteiger partial charge in [-0.3, -0.25) is 9.59 Å². The standard InChI is InChI=1S/C14H16BrNO3/c1-9-12(14(18)19)6-3-7-16(9)13(17)10-4-2-5-11(15)8-10/h2,4-5,8-9,12H,3,6-7H2,1H3,(H,18,19)/t9-,12-/m1/s1. The van der Waals surface area contributed by atoms with Crippen LogP contribution in [-0.4, -0.2) is 34.5 Å². The fourth-order valence-electron chi connectivity index (χ4n) is 2.55. The summed E-state index contributed by atoms with van der Waals surface area (Å²) in [6.45, 7) is 2.43. The predicted molar refractivity (Wildman–Crippen MR) is 75.0 cm³/mol. The van der Waals surface area contributed by atoms with Crippen molar-refractivity contribution >= 4 is 27.8 Å². The first-order chi connectivity index (χ1) is 9.00. The summed E-state index contributed by atoms with van der Waals surface area (Å²) in [6.07, 6.45) is 1.37. The summed E-state index contributed by atoms with van der Waals surface area (Å²) in [4.78, 5) is 25.3. The molecule has 2 atom stereocenters. The van der Waals surface area contributed by atoms with Gasteiger partial charge in [-0.1, -0.05) is 22.0 Å². The number of carboxylic acid groups (broad SMARTS) is 1. The van der Waals surface area contributed by atoms with Crippen LogP contribution < -0.4 is 0 Å². The maximum absolute atomic E-state index is 12.4. The quantitative estimate of drug-likeness (QED) is 0.909. The van der Waals surface area contributed by atoms with Crippen molar-refractivity contribution in [2.45, 2.75) is 25.8 Å². The van der Waals surface area contributed by atoms with E-state index in [1.54, 1.807) is 23.1 Å². The van der Waals surface area contributed by atoms with Gasteiger partial charge in [-0.05, 0) is 38.0 Å². The van der Waals surface area contributed by atoms with Gasteiger partial charge in [-0.15, -0.1) is 0 Å². The molecule has 19 heavy (non-hydrogen) atoms. The van der Waals surface area contributed by atoms with Crippen LogP contribution >= 0.6 is 15.9 Å². The zero-order valence-electron chi connectivity index (χ0n) is 10.7. The topological polar surface area (TPSA) is 57.6 Å². The number of carbonyl (C=O) groups is 2. The molecule has 102 valence electrons. The summed E-state index contributed by atoms with van der Waals surface area (Å²) in [5.74, 6) is -1.39. The third-order valence-corrected chi connectivity index (χ3v) is 4.13. The average Bonchev–Trinajstić information content (AvgIpc) is 2.38. The van der Waals surface area contributed by atoms with E-state index in [1.165, 1.54) is 0 Å². The number of amides is 1. The summed E-state index contributed by atoms with van der Waals surface area (Å²) in [6, 6.07) is 6.92. The van der Waals surface area contributed by atoms with Crippen molar-refractivity contribution in [2.75, 3.05) is 6.54 Å². The second kappa shape index (κ2) is 5.74. The highest BCUT2D eigenvalue weighted by atomic mass is 79.9. The maximum atomic E-state index is 12.4. The van der Waals surface area contributed by atoms with E-state index < -0.39 is 11.9 Å². The van der Waals surface area contributed by atoms with E-state index >= 15 is 0 Å². The van der Waals surface area contributed by atoms with E-state index in [1.807, 2.05) is 13.0 Å². The molecule has 0 spiro atoms. The van der Waals surface area contributed by atoms with Gasteiger partial charge in [-0.2, -0.15) is 0 Å². The Labute approximate surface area is 120 Å². The van der Waals surface area contributed by atoms with E-state index in [-0.39, 0.29) is 11.9 Å². The van der Waals surface area contributed by atoms with Crippen LogP contribution in [0.2, 0.25) is 0 Å². The van der Waals surface area contributed by atoms with E-state index in [4.69, 9.17) is 0 Å². The largest absolute Gasteiger partial charge is 0.481 e. The second-order valence-electron chi connectivity index (χ2n) is 4.84. The molecule has 1 aromatic carbocycles. The Morgan fingerprint density at radius 3 is 2.79 bits per heavy atom. The van der Waals surface area contributed by atoms with Gasteiger partial charge in [0.15, 0.2) is 0 Å². The summed E-state index contributed by atoms with van der Waals surface area (Å²) in [7, 11) is 0. The molecule has 0 saturated carbocycles. The van der Waals surface area contributed by atoms with Gasteiger partial charge in [-0.25, -0.2) is 0 Å². The molecule has 5 heteroatoms. The number of benzene rings is 1. The molecule has 0 unspecified atom stereocenters. The number of carboxylic acids is 1. The maximum Gasteiger partial charge on any atom is 0.308 e. The molecule has 1 saturated heterocycles. The minimum atomic E-state index is -0.820. The fraction of sp³-hybridized carbons (Fsp3) is 0.429. The number of nitrogens with zero attached hydrogens (tertiary/aromatic N) is 1. The first-order valence-corrected chi connectivity index (χ1v) is 7.09. The van der Waals surface area contributed by atoms with E-state index in [2.05, 4.69) is 15.9 Å². The highest BCUT2D eigenvalue weighted by Gasteiger charge is 2.35. The van der Waals surface area contributed by atoms with Crippen molar-refractivity contribution in [1.82, 2.24) is 4.90 Å². The molecule has 0 aliphatic carbocycles. The Balaban J connectivity index is 2.21. The minimum absolute atomic E-state index is 0.0975. The summed E-state index contributed by atoms with van der Waals surface area (Å²) in [5.41, 5.74) is 0.590. The molecule has 1 amide bonds. The molecule has 1 fully saturated rings. The first-order valence-electron chi connectivity index (χ1n) is 6.30. The van der Waals surface area contributed by atoms with Gasteiger partial charge in [0.1, 0.15) is 0 Å². The monoisotopic (exact) mass is 325 g/mol. The van der Waals surface area contributed by atoms with Gasteiger partial charge in [0.2, 0.25) is 0 Å². The van der Waals surface area contributed by atoms with Gasteiger partial charge in [0.05, 0.1) is 5.92 Å². The van der Waals surface area contributed by atoms with Crippen molar-refractivity contribution in [2.24, 2.45) is 5.92 Å². The smallest absolute Gasteiger partial charge is 0.308 e. The number of likely N-dealkylation sites (tertiary alicyclic amines) is 1. The summed E-state index contributed by atoms with van der Waals surface area (Å²) >= 11 is 3.34. The van der Waals surface area contributed by atoms with Crippen molar-refractivity contribution < 1.29 is 14.7 Å². The Bertz CT molecular complexity index is 503. The van der Waals surface area contributed by atoms with Crippen LogP contribution in [0.15, 0.2) is 28.7 Å². The van der Waals surface area contributed by atoms with Crippen LogP contribution in [0.25, 0.3) is 0 Å². The molecule has 0 radical (unpaired) electrons. The number of halogens is 1. The van der Waals surface area contributed by atoms with Gasteiger partial charge in [0, 0.05) is 22.6 Å². The highest BCUT2D eigenvalue weighted by Crippen LogP contribution is 2.26. The molecular weight excluding hydrogens is 310 g/mol. The molecule has 4 nitrogen and oxygen atoms in total. The minimum Gasteiger partial charge on any atom is -0.481 e. The van der Waals surface area contributed by atoms with Crippen molar-refractivity contribution in [3.8, 4) is 0 Å². The number of carbonyl (C=O) groups excluding carboxylic acids is 1. The molecule has 1 aromatic rings. The lowest BCUT2D eigenvalue weighted by Crippen LogP contribution is -2.49. The molecule has 0 bridgehead atoms. The third-order valence-electron chi connectivity index (χ3n) is 3.64. The summed E-state index contributed by atoms with van der Waals surface area (Å²) < 4.78 is 0.845. The molecule has 1 heterocycles. The number of piperidine rings is 1. The lowest BCUT2D eigenvalue weighted by Gasteiger charge is -2.37. The lowest BCUT2D eigenvalue weighted by molar-refractivity contribution is -0.144. The normalized spacial score (nSPS) is 23.2. The average molecular weight is 326 g/mol. The van der Waals surface area contributed by atoms with Gasteiger partial charge >= 0.3 is 5.97 Å². The number of hydrogen-bond acceptors (Lipinski definition) is 2. The zero-order valence-corrected chi connectivity index (χ0v) is 12.3. The van der Waals surface area contributed by atoms with Gasteiger partial charge < -0.3 is 10.0 Å². The number of hydrogen-bond donors (Lipinski definition) is 1. The Kier molecular flexibility index (Phi) is 4.24. The predicted octanol–water partition coefficient (Wildman–Crippen LogP) is 2.77. The Hall–Kier alpha value is -1.36. The molecule has 1 aliphatic rings. The number of aliphatic carboxylic acids is 1. The molecule has 2 rings (SSSR count). The SMILES string of the molecule is C[C@@H]1[C@H](C(=O)O)CCCN1C(=O)c1cccc(Br)c1. The molecular formula is C14H16BrNO3. The lowest BCUT2D eigenvalue weighted by atomic mass is 9.90. The first kappa shape index (κ1) is 14.1. The third kappa shape index (κ3) is 2.97. The van der Waals surface area contributed by atoms with Gasteiger partial charge in [0.25, 0.3) is 5.91 Å². The zero-order chi connectivity index (χ0) is 14.0. The van der Waals surface area contributed by atoms with Crippen molar-refractivity contribution in [3.63, 3.8) is 0 Å². The van der Waals surface area contributed by atoms with Crippen LogP contribution in [0.5, 0.6) is 0 Å².